The number of nitro benzene ring substituents is 1. The highest BCUT2D eigenvalue weighted by atomic mass is 32.2. The van der Waals surface area contributed by atoms with Gasteiger partial charge in [0.15, 0.2) is 9.84 Å². The molecule has 3 atom stereocenters. The second kappa shape index (κ2) is 8.46. The second-order valence-corrected chi connectivity index (χ2v) is 9.66. The SMILES string of the molecule is CC(NC(=O)c1cccc([N+](=O)[O-])c1)C(=O)NC1CS(=O)(=O)CC1N1CCCC1. The van der Waals surface area contributed by atoms with Gasteiger partial charge in [0.2, 0.25) is 5.91 Å². The molecule has 158 valence electrons. The van der Waals surface area contributed by atoms with E-state index in [1.165, 1.54) is 25.1 Å². The number of hydrogen-bond acceptors (Lipinski definition) is 7. The number of carbonyl (C=O) groups excluding carboxylic acids is 2. The molecule has 2 amide bonds. The van der Waals surface area contributed by atoms with E-state index in [4.69, 9.17) is 0 Å². The zero-order chi connectivity index (χ0) is 21.2. The van der Waals surface area contributed by atoms with Crippen molar-refractivity contribution in [3.8, 4) is 0 Å². The van der Waals surface area contributed by atoms with E-state index in [1.54, 1.807) is 0 Å². The van der Waals surface area contributed by atoms with Crippen molar-refractivity contribution in [1.82, 2.24) is 15.5 Å². The van der Waals surface area contributed by atoms with Crippen LogP contribution in [0.2, 0.25) is 0 Å². The van der Waals surface area contributed by atoms with Gasteiger partial charge in [0, 0.05) is 23.7 Å². The summed E-state index contributed by atoms with van der Waals surface area (Å²) in [7, 11) is -3.24. The van der Waals surface area contributed by atoms with Gasteiger partial charge in [-0.15, -0.1) is 0 Å². The van der Waals surface area contributed by atoms with Gasteiger partial charge in [-0.25, -0.2) is 8.42 Å². The molecular formula is C18H24N4O6S. The molecule has 3 unspecified atom stereocenters. The van der Waals surface area contributed by atoms with Crippen molar-refractivity contribution in [1.29, 1.82) is 0 Å². The molecule has 3 rings (SSSR count). The molecule has 0 radical (unpaired) electrons. The molecule has 0 bridgehead atoms. The van der Waals surface area contributed by atoms with Crippen LogP contribution in [0.15, 0.2) is 24.3 Å². The minimum Gasteiger partial charge on any atom is -0.349 e. The smallest absolute Gasteiger partial charge is 0.270 e. The number of sulfone groups is 1. The van der Waals surface area contributed by atoms with E-state index in [9.17, 15) is 28.1 Å². The van der Waals surface area contributed by atoms with Gasteiger partial charge in [0.1, 0.15) is 6.04 Å². The van der Waals surface area contributed by atoms with E-state index in [-0.39, 0.29) is 28.8 Å². The van der Waals surface area contributed by atoms with Crippen molar-refractivity contribution >= 4 is 27.3 Å². The monoisotopic (exact) mass is 424 g/mol. The molecule has 2 aliphatic heterocycles. The Labute approximate surface area is 168 Å². The number of carbonyl (C=O) groups is 2. The first-order valence-corrected chi connectivity index (χ1v) is 11.3. The zero-order valence-corrected chi connectivity index (χ0v) is 16.9. The number of amides is 2. The lowest BCUT2D eigenvalue weighted by Crippen LogP contribution is -2.54. The maximum absolute atomic E-state index is 12.6. The lowest BCUT2D eigenvalue weighted by molar-refractivity contribution is -0.384. The van der Waals surface area contributed by atoms with E-state index in [0.717, 1.165) is 32.0 Å². The Bertz CT molecular complexity index is 913. The van der Waals surface area contributed by atoms with Crippen LogP contribution in [-0.2, 0) is 14.6 Å². The second-order valence-electron chi connectivity index (χ2n) is 7.50. The molecule has 0 saturated carbocycles. The Kier molecular flexibility index (Phi) is 6.18. The van der Waals surface area contributed by atoms with Crippen LogP contribution in [-0.4, -0.2) is 72.8 Å². The first-order valence-electron chi connectivity index (χ1n) is 9.46. The van der Waals surface area contributed by atoms with Crippen LogP contribution in [0.1, 0.15) is 30.1 Å². The zero-order valence-electron chi connectivity index (χ0n) is 16.0. The van der Waals surface area contributed by atoms with Crippen molar-refractivity contribution in [2.45, 2.75) is 37.9 Å². The number of rotatable bonds is 6. The third-order valence-electron chi connectivity index (χ3n) is 5.32. The van der Waals surface area contributed by atoms with Crippen LogP contribution in [0.25, 0.3) is 0 Å². The molecule has 29 heavy (non-hydrogen) atoms. The van der Waals surface area contributed by atoms with Crippen LogP contribution in [0, 0.1) is 10.1 Å². The molecule has 2 N–H and O–H groups in total. The predicted octanol–water partition coefficient (Wildman–Crippen LogP) is 0.0907. The van der Waals surface area contributed by atoms with E-state index in [2.05, 4.69) is 15.5 Å². The Morgan fingerprint density at radius 1 is 1.24 bits per heavy atom. The quantitative estimate of drug-likeness (QED) is 0.487. The molecule has 10 nitrogen and oxygen atoms in total. The maximum Gasteiger partial charge on any atom is 0.270 e. The molecule has 1 aromatic carbocycles. The van der Waals surface area contributed by atoms with Gasteiger partial charge >= 0.3 is 0 Å². The highest BCUT2D eigenvalue weighted by Crippen LogP contribution is 2.22. The average molecular weight is 424 g/mol. The van der Waals surface area contributed by atoms with Crippen molar-refractivity contribution in [3.05, 3.63) is 39.9 Å². The van der Waals surface area contributed by atoms with Gasteiger partial charge in [-0.3, -0.25) is 24.6 Å². The Balaban J connectivity index is 1.63. The summed E-state index contributed by atoms with van der Waals surface area (Å²) in [5.41, 5.74) is -0.156. The van der Waals surface area contributed by atoms with Crippen LogP contribution >= 0.6 is 0 Å². The molecule has 0 aliphatic carbocycles. The number of nitro groups is 1. The lowest BCUT2D eigenvalue weighted by atomic mass is 10.1. The summed E-state index contributed by atoms with van der Waals surface area (Å²) in [6, 6.07) is 3.50. The van der Waals surface area contributed by atoms with Crippen molar-refractivity contribution in [2.24, 2.45) is 0 Å². The Hall–Kier alpha value is -2.53. The molecule has 11 heteroatoms. The fraction of sp³-hybridized carbons (Fsp3) is 0.556. The maximum atomic E-state index is 12.6. The Morgan fingerprint density at radius 3 is 2.59 bits per heavy atom. The van der Waals surface area contributed by atoms with E-state index < -0.39 is 38.7 Å². The number of benzene rings is 1. The average Bonchev–Trinajstić information content (AvgIpc) is 3.29. The number of nitrogens with one attached hydrogen (secondary N) is 2. The summed E-state index contributed by atoms with van der Waals surface area (Å²) in [6.45, 7) is 3.11. The minimum atomic E-state index is -3.24. The molecule has 2 fully saturated rings. The first kappa shape index (κ1) is 21.2. The summed E-state index contributed by atoms with van der Waals surface area (Å²) in [6.07, 6.45) is 2.01. The van der Waals surface area contributed by atoms with E-state index >= 15 is 0 Å². The van der Waals surface area contributed by atoms with Crippen LogP contribution in [0.5, 0.6) is 0 Å². The van der Waals surface area contributed by atoms with Gasteiger partial charge in [0.25, 0.3) is 11.6 Å². The molecule has 0 spiro atoms. The summed E-state index contributed by atoms with van der Waals surface area (Å²) in [5.74, 6) is -1.21. The molecule has 1 aromatic rings. The van der Waals surface area contributed by atoms with Gasteiger partial charge in [0.05, 0.1) is 22.5 Å². The molecule has 2 aliphatic rings. The van der Waals surface area contributed by atoms with Crippen molar-refractivity contribution in [3.63, 3.8) is 0 Å². The largest absolute Gasteiger partial charge is 0.349 e. The highest BCUT2D eigenvalue weighted by molar-refractivity contribution is 7.91. The minimum absolute atomic E-state index is 0.0202. The highest BCUT2D eigenvalue weighted by Gasteiger charge is 2.42. The number of nitrogens with zero attached hydrogens (tertiary/aromatic N) is 2. The van der Waals surface area contributed by atoms with Crippen LogP contribution in [0.4, 0.5) is 5.69 Å². The normalized spacial score (nSPS) is 24.7. The summed E-state index contributed by atoms with van der Waals surface area (Å²) < 4.78 is 24.2. The lowest BCUT2D eigenvalue weighted by Gasteiger charge is -2.29. The summed E-state index contributed by atoms with van der Waals surface area (Å²) in [4.78, 5) is 37.2. The van der Waals surface area contributed by atoms with Crippen molar-refractivity contribution < 1.29 is 22.9 Å². The fourth-order valence-corrected chi connectivity index (χ4v) is 5.77. The van der Waals surface area contributed by atoms with Crippen LogP contribution < -0.4 is 10.6 Å². The summed E-state index contributed by atoms with van der Waals surface area (Å²) >= 11 is 0. The van der Waals surface area contributed by atoms with Gasteiger partial charge in [-0.1, -0.05) is 6.07 Å². The summed E-state index contributed by atoms with van der Waals surface area (Å²) in [5, 5.41) is 16.1. The Morgan fingerprint density at radius 2 is 1.93 bits per heavy atom. The standard InChI is InChI=1S/C18H24N4O6S/c1-12(19-18(24)13-5-4-6-14(9-13)22(25)26)17(23)20-15-10-29(27,28)11-16(15)21-7-2-3-8-21/h4-6,9,12,15-16H,2-3,7-8,10-11H2,1H3,(H,19,24)(H,20,23). The topological polar surface area (TPSA) is 139 Å². The van der Waals surface area contributed by atoms with Crippen molar-refractivity contribution in [2.75, 3.05) is 24.6 Å². The molecule has 2 saturated heterocycles. The fourth-order valence-electron chi connectivity index (χ4n) is 3.81. The van der Waals surface area contributed by atoms with Gasteiger partial charge in [-0.05, 0) is 38.9 Å². The third kappa shape index (κ3) is 5.10. The number of hydrogen-bond donors (Lipinski definition) is 2. The molecule has 2 heterocycles. The van der Waals surface area contributed by atoms with E-state index in [1.807, 2.05) is 0 Å². The third-order valence-corrected chi connectivity index (χ3v) is 7.04. The van der Waals surface area contributed by atoms with Gasteiger partial charge in [-0.2, -0.15) is 0 Å². The molecule has 0 aromatic heterocycles. The number of likely N-dealkylation sites (tertiary alicyclic amines) is 1. The first-order chi connectivity index (χ1) is 13.7. The van der Waals surface area contributed by atoms with E-state index in [0.29, 0.717) is 0 Å². The predicted molar refractivity (Wildman–Crippen MR) is 105 cm³/mol. The number of non-ortho nitro benzene ring substituents is 1. The van der Waals surface area contributed by atoms with Crippen LogP contribution in [0.3, 0.4) is 0 Å². The van der Waals surface area contributed by atoms with Gasteiger partial charge < -0.3 is 10.6 Å². The molecular weight excluding hydrogens is 400 g/mol.